The Bertz CT molecular complexity index is 385. The molecule has 4 heteroatoms. The fourth-order valence-corrected chi connectivity index (χ4v) is 1.87. The minimum absolute atomic E-state index is 0.0331. The van der Waals surface area contributed by atoms with E-state index in [9.17, 15) is 0 Å². The highest BCUT2D eigenvalue weighted by Gasteiger charge is 2.19. The van der Waals surface area contributed by atoms with Crippen molar-refractivity contribution < 1.29 is 0 Å². The molecule has 0 aromatic carbocycles. The Hall–Kier alpha value is -1.32. The van der Waals surface area contributed by atoms with E-state index >= 15 is 0 Å². The third-order valence-electron chi connectivity index (χ3n) is 2.88. The summed E-state index contributed by atoms with van der Waals surface area (Å²) in [5.74, 6) is 2.24. The Morgan fingerprint density at radius 2 is 1.88 bits per heavy atom. The number of aromatic nitrogens is 2. The van der Waals surface area contributed by atoms with Gasteiger partial charge in [0.25, 0.3) is 0 Å². The summed E-state index contributed by atoms with van der Waals surface area (Å²) in [5, 5.41) is 3.47. The highest BCUT2D eigenvalue weighted by Crippen LogP contribution is 2.23. The van der Waals surface area contributed by atoms with Gasteiger partial charge in [-0.1, -0.05) is 20.3 Å². The number of anilines is 2. The van der Waals surface area contributed by atoms with Gasteiger partial charge < -0.3 is 11.1 Å². The molecule has 0 bridgehead atoms. The maximum Gasteiger partial charge on any atom is 0.135 e. The van der Waals surface area contributed by atoms with Crippen LogP contribution in [0.2, 0.25) is 0 Å². The minimum atomic E-state index is 0.0331. The van der Waals surface area contributed by atoms with Crippen molar-refractivity contribution >= 4 is 11.6 Å². The number of nitrogens with two attached hydrogens (primary N) is 1. The van der Waals surface area contributed by atoms with Gasteiger partial charge in [-0.15, -0.1) is 0 Å². The predicted octanol–water partition coefficient (Wildman–Crippen LogP) is 2.92. The van der Waals surface area contributed by atoms with Crippen molar-refractivity contribution in [3.05, 3.63) is 11.4 Å². The normalized spacial score (nSPS) is 11.6. The molecule has 1 aromatic heterocycles. The van der Waals surface area contributed by atoms with Crippen LogP contribution in [0.4, 0.5) is 11.6 Å². The molecule has 1 rings (SSSR count). The van der Waals surface area contributed by atoms with Crippen molar-refractivity contribution in [3.8, 4) is 0 Å². The second-order valence-corrected chi connectivity index (χ2v) is 5.11. The molecule has 0 fully saturated rings. The van der Waals surface area contributed by atoms with E-state index in [0.29, 0.717) is 5.82 Å². The van der Waals surface area contributed by atoms with E-state index in [1.807, 2.05) is 13.8 Å². The average molecular weight is 236 g/mol. The molecule has 0 aliphatic carbocycles. The van der Waals surface area contributed by atoms with E-state index in [0.717, 1.165) is 36.5 Å². The van der Waals surface area contributed by atoms with Crippen LogP contribution in [0.15, 0.2) is 0 Å². The van der Waals surface area contributed by atoms with E-state index in [1.54, 1.807) is 0 Å². The van der Waals surface area contributed by atoms with Crippen LogP contribution >= 0.6 is 0 Å². The van der Waals surface area contributed by atoms with Crippen LogP contribution in [0.25, 0.3) is 0 Å². The molecule has 0 unspecified atom stereocenters. The Balaban J connectivity index is 3.01. The maximum atomic E-state index is 5.90. The molecule has 1 aromatic rings. The molecular weight excluding hydrogens is 212 g/mol. The van der Waals surface area contributed by atoms with Gasteiger partial charge in [0.15, 0.2) is 0 Å². The first-order valence-electron chi connectivity index (χ1n) is 6.30. The third-order valence-corrected chi connectivity index (χ3v) is 2.88. The van der Waals surface area contributed by atoms with Crippen LogP contribution in [-0.2, 0) is 6.42 Å². The Morgan fingerprint density at radius 3 is 2.41 bits per heavy atom. The molecule has 17 heavy (non-hydrogen) atoms. The predicted molar refractivity (Wildman–Crippen MR) is 73.2 cm³/mol. The van der Waals surface area contributed by atoms with Crippen molar-refractivity contribution in [2.45, 2.75) is 59.4 Å². The van der Waals surface area contributed by atoms with Gasteiger partial charge in [-0.25, -0.2) is 9.97 Å². The maximum absolute atomic E-state index is 5.90. The van der Waals surface area contributed by atoms with E-state index in [-0.39, 0.29) is 5.54 Å². The summed E-state index contributed by atoms with van der Waals surface area (Å²) in [6.07, 6.45) is 3.03. The number of nitrogens with zero attached hydrogens (tertiary/aromatic N) is 2. The third kappa shape index (κ3) is 3.58. The van der Waals surface area contributed by atoms with Crippen LogP contribution in [-0.4, -0.2) is 15.5 Å². The van der Waals surface area contributed by atoms with E-state index in [4.69, 9.17) is 5.73 Å². The molecule has 4 nitrogen and oxygen atoms in total. The van der Waals surface area contributed by atoms with Crippen LogP contribution in [0.5, 0.6) is 0 Å². The zero-order valence-corrected chi connectivity index (χ0v) is 11.6. The zero-order valence-electron chi connectivity index (χ0n) is 11.6. The van der Waals surface area contributed by atoms with Crippen LogP contribution in [0.3, 0.4) is 0 Å². The van der Waals surface area contributed by atoms with Crippen molar-refractivity contribution in [2.24, 2.45) is 0 Å². The fraction of sp³-hybridized carbons (Fsp3) is 0.692. The summed E-state index contributed by atoms with van der Waals surface area (Å²) in [6.45, 7) is 10.5. The molecule has 0 saturated carbocycles. The Kier molecular flexibility index (Phi) is 4.32. The lowest BCUT2D eigenvalue weighted by atomic mass is 9.99. The number of hydrogen-bond donors (Lipinski definition) is 2. The van der Waals surface area contributed by atoms with Crippen molar-refractivity contribution in [1.82, 2.24) is 9.97 Å². The van der Waals surface area contributed by atoms with Crippen LogP contribution in [0.1, 0.15) is 51.9 Å². The van der Waals surface area contributed by atoms with Gasteiger partial charge in [0.1, 0.15) is 17.5 Å². The molecule has 0 aliphatic heterocycles. The van der Waals surface area contributed by atoms with Crippen molar-refractivity contribution in [2.75, 3.05) is 11.1 Å². The molecular formula is C13H24N4. The number of aryl methyl sites for hydroxylation is 1. The standard InChI is InChI=1S/C13H24N4/c1-6-8-13(4,5)17-12-9(3)11(14)15-10(7-2)16-12/h6-8H2,1-5H3,(H3,14,15,16,17). The zero-order chi connectivity index (χ0) is 13.1. The molecule has 0 radical (unpaired) electrons. The molecule has 96 valence electrons. The van der Waals surface area contributed by atoms with Gasteiger partial charge in [-0.05, 0) is 27.2 Å². The van der Waals surface area contributed by atoms with Gasteiger partial charge in [0, 0.05) is 17.5 Å². The van der Waals surface area contributed by atoms with Gasteiger partial charge in [-0.3, -0.25) is 0 Å². The van der Waals surface area contributed by atoms with E-state index < -0.39 is 0 Å². The summed E-state index contributed by atoms with van der Waals surface area (Å²) < 4.78 is 0. The lowest BCUT2D eigenvalue weighted by molar-refractivity contribution is 0.508. The van der Waals surface area contributed by atoms with Gasteiger partial charge in [0.05, 0.1) is 0 Å². The minimum Gasteiger partial charge on any atom is -0.383 e. The number of nitrogens with one attached hydrogen (secondary N) is 1. The van der Waals surface area contributed by atoms with E-state index in [2.05, 4.69) is 36.1 Å². The topological polar surface area (TPSA) is 63.8 Å². The SMILES string of the molecule is CCCC(C)(C)Nc1nc(CC)nc(N)c1C. The first-order chi connectivity index (χ1) is 7.89. The molecule has 1 heterocycles. The molecule has 0 spiro atoms. The van der Waals surface area contributed by atoms with Crippen molar-refractivity contribution in [1.29, 1.82) is 0 Å². The number of rotatable bonds is 5. The van der Waals surface area contributed by atoms with Gasteiger partial charge in [0.2, 0.25) is 0 Å². The largest absolute Gasteiger partial charge is 0.383 e. The number of hydrogen-bond acceptors (Lipinski definition) is 4. The summed E-state index contributed by atoms with van der Waals surface area (Å²) >= 11 is 0. The van der Waals surface area contributed by atoms with Crippen LogP contribution < -0.4 is 11.1 Å². The Labute approximate surface area is 104 Å². The number of nitrogen functional groups attached to an aromatic ring is 1. The van der Waals surface area contributed by atoms with Crippen LogP contribution in [0, 0.1) is 6.92 Å². The highest BCUT2D eigenvalue weighted by molar-refractivity contribution is 5.55. The molecule has 0 aliphatic rings. The average Bonchev–Trinajstić information content (AvgIpc) is 2.23. The van der Waals surface area contributed by atoms with Gasteiger partial charge >= 0.3 is 0 Å². The molecule has 0 atom stereocenters. The summed E-state index contributed by atoms with van der Waals surface area (Å²) in [6, 6.07) is 0. The monoisotopic (exact) mass is 236 g/mol. The fourth-order valence-electron chi connectivity index (χ4n) is 1.87. The Morgan fingerprint density at radius 1 is 1.24 bits per heavy atom. The summed E-state index contributed by atoms with van der Waals surface area (Å²) in [5.41, 5.74) is 6.87. The summed E-state index contributed by atoms with van der Waals surface area (Å²) in [4.78, 5) is 8.77. The second kappa shape index (κ2) is 5.34. The first-order valence-corrected chi connectivity index (χ1v) is 6.30. The lowest BCUT2D eigenvalue weighted by Gasteiger charge is -2.27. The lowest BCUT2D eigenvalue weighted by Crippen LogP contribution is -2.31. The molecule has 0 saturated heterocycles. The van der Waals surface area contributed by atoms with E-state index in [1.165, 1.54) is 0 Å². The first kappa shape index (κ1) is 13.7. The summed E-state index contributed by atoms with van der Waals surface area (Å²) in [7, 11) is 0. The quantitative estimate of drug-likeness (QED) is 0.825. The van der Waals surface area contributed by atoms with Crippen molar-refractivity contribution in [3.63, 3.8) is 0 Å². The van der Waals surface area contributed by atoms with Gasteiger partial charge in [-0.2, -0.15) is 0 Å². The molecule has 0 amide bonds. The second-order valence-electron chi connectivity index (χ2n) is 5.11. The molecule has 3 N–H and O–H groups in total. The smallest absolute Gasteiger partial charge is 0.135 e. The highest BCUT2D eigenvalue weighted by atomic mass is 15.1.